The second kappa shape index (κ2) is 5.40. The second-order valence-corrected chi connectivity index (χ2v) is 2.58. The highest BCUT2D eigenvalue weighted by atomic mass is 16.5. The molecule has 0 aliphatic rings. The molecule has 4 nitrogen and oxygen atoms in total. The molecule has 1 unspecified atom stereocenters. The number of hydrogen-bond acceptors (Lipinski definition) is 4. The highest BCUT2D eigenvalue weighted by Gasteiger charge is 2.25. The van der Waals surface area contributed by atoms with Crippen LogP contribution in [-0.2, 0) is 5.60 Å². The largest absolute Gasteiger partial charge is 0.371 e. The quantitative estimate of drug-likeness (QED) is 0.693. The summed E-state index contributed by atoms with van der Waals surface area (Å²) in [6, 6.07) is 0. The SMILES string of the molecule is CC.CC#CC(C)(O)c1noc(C)n1. The van der Waals surface area contributed by atoms with Crippen molar-refractivity contribution in [2.45, 2.75) is 40.2 Å². The van der Waals surface area contributed by atoms with Gasteiger partial charge >= 0.3 is 0 Å². The highest BCUT2D eigenvalue weighted by Crippen LogP contribution is 2.15. The van der Waals surface area contributed by atoms with Gasteiger partial charge in [-0.25, -0.2) is 0 Å². The van der Waals surface area contributed by atoms with E-state index in [1.807, 2.05) is 13.8 Å². The van der Waals surface area contributed by atoms with Crippen molar-refractivity contribution in [3.8, 4) is 11.8 Å². The zero-order chi connectivity index (χ0) is 11.2. The lowest BCUT2D eigenvalue weighted by Crippen LogP contribution is -2.20. The van der Waals surface area contributed by atoms with Crippen LogP contribution < -0.4 is 0 Å². The molecule has 1 atom stereocenters. The third kappa shape index (κ3) is 3.19. The summed E-state index contributed by atoms with van der Waals surface area (Å²) in [6.45, 7) is 8.82. The number of aliphatic hydroxyl groups is 1. The lowest BCUT2D eigenvalue weighted by atomic mass is 10.1. The maximum absolute atomic E-state index is 9.64. The molecule has 0 aliphatic carbocycles. The van der Waals surface area contributed by atoms with Gasteiger partial charge in [0, 0.05) is 6.92 Å². The van der Waals surface area contributed by atoms with Gasteiger partial charge in [-0.3, -0.25) is 0 Å². The summed E-state index contributed by atoms with van der Waals surface area (Å²) < 4.78 is 4.71. The van der Waals surface area contributed by atoms with Gasteiger partial charge in [-0.05, 0) is 13.8 Å². The first-order valence-corrected chi connectivity index (χ1v) is 4.53. The van der Waals surface area contributed by atoms with Gasteiger partial charge in [-0.15, -0.1) is 5.92 Å². The van der Waals surface area contributed by atoms with Crippen LogP contribution in [0.5, 0.6) is 0 Å². The molecule has 0 bridgehead atoms. The maximum Gasteiger partial charge on any atom is 0.223 e. The molecule has 0 aromatic carbocycles. The zero-order valence-corrected chi connectivity index (χ0v) is 9.25. The van der Waals surface area contributed by atoms with E-state index in [0.29, 0.717) is 5.89 Å². The molecule has 78 valence electrons. The van der Waals surface area contributed by atoms with Crippen LogP contribution >= 0.6 is 0 Å². The van der Waals surface area contributed by atoms with Crippen LogP contribution in [0.2, 0.25) is 0 Å². The molecule has 0 radical (unpaired) electrons. The first kappa shape index (κ1) is 12.7. The van der Waals surface area contributed by atoms with E-state index in [-0.39, 0.29) is 5.82 Å². The van der Waals surface area contributed by atoms with Crippen molar-refractivity contribution in [1.82, 2.24) is 10.1 Å². The standard InChI is InChI=1S/C8H10N2O2.C2H6/c1-4-5-8(3,11)7-9-6(2)12-10-7;1-2/h11H,1-3H3;1-2H3. The number of rotatable bonds is 1. The Morgan fingerprint density at radius 1 is 1.43 bits per heavy atom. The average molecular weight is 196 g/mol. The van der Waals surface area contributed by atoms with Crippen molar-refractivity contribution < 1.29 is 9.63 Å². The molecule has 4 heteroatoms. The maximum atomic E-state index is 9.64. The normalized spacial score (nSPS) is 13.0. The number of aryl methyl sites for hydroxylation is 1. The van der Waals surface area contributed by atoms with Crippen molar-refractivity contribution in [1.29, 1.82) is 0 Å². The fraction of sp³-hybridized carbons (Fsp3) is 0.600. The Hall–Kier alpha value is -1.34. The minimum atomic E-state index is -1.31. The molecule has 1 heterocycles. The van der Waals surface area contributed by atoms with Crippen molar-refractivity contribution in [2.24, 2.45) is 0 Å². The van der Waals surface area contributed by atoms with Crippen LogP contribution in [-0.4, -0.2) is 15.2 Å². The van der Waals surface area contributed by atoms with E-state index < -0.39 is 5.60 Å². The summed E-state index contributed by atoms with van der Waals surface area (Å²) in [4.78, 5) is 3.87. The predicted octanol–water partition coefficient (Wildman–Crippen LogP) is 1.64. The lowest BCUT2D eigenvalue weighted by molar-refractivity contribution is 0.108. The van der Waals surface area contributed by atoms with E-state index in [1.54, 1.807) is 13.8 Å². The molecule has 1 aromatic rings. The molecule has 0 saturated heterocycles. The van der Waals surface area contributed by atoms with E-state index in [1.165, 1.54) is 6.92 Å². The van der Waals surface area contributed by atoms with Crippen LogP contribution in [0.1, 0.15) is 39.4 Å². The predicted molar refractivity (Wildman–Crippen MR) is 53.4 cm³/mol. The van der Waals surface area contributed by atoms with Gasteiger partial charge in [0.25, 0.3) is 0 Å². The molecule has 0 amide bonds. The van der Waals surface area contributed by atoms with E-state index in [0.717, 1.165) is 0 Å². The Kier molecular flexibility index (Phi) is 4.89. The molecular weight excluding hydrogens is 180 g/mol. The summed E-state index contributed by atoms with van der Waals surface area (Å²) in [5.74, 6) is 5.79. The molecule has 0 saturated carbocycles. The highest BCUT2D eigenvalue weighted by molar-refractivity contribution is 5.17. The fourth-order valence-corrected chi connectivity index (χ4v) is 0.796. The van der Waals surface area contributed by atoms with Crippen molar-refractivity contribution in [2.75, 3.05) is 0 Å². The van der Waals surface area contributed by atoms with Crippen LogP contribution in [0, 0.1) is 18.8 Å². The Balaban J connectivity index is 0.000000791. The van der Waals surface area contributed by atoms with Gasteiger partial charge in [0.05, 0.1) is 0 Å². The second-order valence-electron chi connectivity index (χ2n) is 2.58. The van der Waals surface area contributed by atoms with Gasteiger partial charge in [0.2, 0.25) is 11.7 Å². The third-order valence-corrected chi connectivity index (χ3v) is 1.33. The summed E-state index contributed by atoms with van der Waals surface area (Å²) in [7, 11) is 0. The van der Waals surface area contributed by atoms with E-state index in [4.69, 9.17) is 4.52 Å². The zero-order valence-electron chi connectivity index (χ0n) is 9.25. The summed E-state index contributed by atoms with van der Waals surface area (Å²) >= 11 is 0. The Labute approximate surface area is 84.3 Å². The first-order chi connectivity index (χ1) is 6.56. The summed E-state index contributed by atoms with van der Waals surface area (Å²) in [5.41, 5.74) is -1.31. The Morgan fingerprint density at radius 3 is 2.36 bits per heavy atom. The van der Waals surface area contributed by atoms with Crippen molar-refractivity contribution in [3.63, 3.8) is 0 Å². The molecular formula is C10H16N2O2. The van der Waals surface area contributed by atoms with Crippen molar-refractivity contribution >= 4 is 0 Å². The van der Waals surface area contributed by atoms with Gasteiger partial charge < -0.3 is 9.63 Å². The molecule has 1 rings (SSSR count). The van der Waals surface area contributed by atoms with Gasteiger partial charge in [0.1, 0.15) is 0 Å². The Morgan fingerprint density at radius 2 is 2.00 bits per heavy atom. The summed E-state index contributed by atoms with van der Waals surface area (Å²) in [5, 5.41) is 13.2. The van der Waals surface area contributed by atoms with Crippen LogP contribution in [0.15, 0.2) is 4.52 Å². The molecule has 1 aromatic heterocycles. The Bertz CT molecular complexity index is 331. The van der Waals surface area contributed by atoms with Crippen LogP contribution in [0.25, 0.3) is 0 Å². The monoisotopic (exact) mass is 196 g/mol. The van der Waals surface area contributed by atoms with E-state index in [9.17, 15) is 5.11 Å². The van der Waals surface area contributed by atoms with Crippen LogP contribution in [0.3, 0.4) is 0 Å². The minimum absolute atomic E-state index is 0.203. The topological polar surface area (TPSA) is 59.2 Å². The average Bonchev–Trinajstić information content (AvgIpc) is 2.56. The number of aromatic nitrogens is 2. The van der Waals surface area contributed by atoms with Crippen molar-refractivity contribution in [3.05, 3.63) is 11.7 Å². The first-order valence-electron chi connectivity index (χ1n) is 4.53. The van der Waals surface area contributed by atoms with Crippen LogP contribution in [0.4, 0.5) is 0 Å². The van der Waals surface area contributed by atoms with E-state index >= 15 is 0 Å². The van der Waals surface area contributed by atoms with Gasteiger partial charge in [-0.1, -0.05) is 24.9 Å². The smallest absolute Gasteiger partial charge is 0.223 e. The van der Waals surface area contributed by atoms with Gasteiger partial charge in [-0.2, -0.15) is 4.98 Å². The molecule has 0 spiro atoms. The third-order valence-electron chi connectivity index (χ3n) is 1.33. The molecule has 1 N–H and O–H groups in total. The fourth-order valence-electron chi connectivity index (χ4n) is 0.796. The number of nitrogens with zero attached hydrogens (tertiary/aromatic N) is 2. The molecule has 0 aliphatic heterocycles. The molecule has 0 fully saturated rings. The number of hydrogen-bond donors (Lipinski definition) is 1. The minimum Gasteiger partial charge on any atom is -0.371 e. The lowest BCUT2D eigenvalue weighted by Gasteiger charge is -2.09. The molecule has 14 heavy (non-hydrogen) atoms. The summed E-state index contributed by atoms with van der Waals surface area (Å²) in [6.07, 6.45) is 0. The van der Waals surface area contributed by atoms with E-state index in [2.05, 4.69) is 22.0 Å². The van der Waals surface area contributed by atoms with Gasteiger partial charge in [0.15, 0.2) is 5.60 Å².